The van der Waals surface area contributed by atoms with Crippen molar-refractivity contribution >= 4 is 43.4 Å². The lowest BCUT2D eigenvalue weighted by Gasteiger charge is -2.12. The number of hydrogen-bond acceptors (Lipinski definition) is 2. The summed E-state index contributed by atoms with van der Waals surface area (Å²) in [6.07, 6.45) is 5.63. The van der Waals surface area contributed by atoms with Crippen molar-refractivity contribution in [3.63, 3.8) is 0 Å². The minimum atomic E-state index is 0.914. The van der Waals surface area contributed by atoms with Crippen LogP contribution in [0.1, 0.15) is 0 Å². The standard InChI is InChI=1S/C42H27N3/c1-2-12-34(13-3-1)45-40-24-31(30-17-16-28-9-4-5-10-29(28)23-30)18-20-37(40)42-36-15-7-6-14-35(36)38(25-41(42)45)32-19-21-39(44-27-32)33-11-8-22-43-26-33/h1-27H. The highest BCUT2D eigenvalue weighted by Gasteiger charge is 2.19. The topological polar surface area (TPSA) is 30.7 Å². The van der Waals surface area contributed by atoms with Gasteiger partial charge in [0.25, 0.3) is 0 Å². The average molecular weight is 574 g/mol. The van der Waals surface area contributed by atoms with Gasteiger partial charge in [0, 0.05) is 46.2 Å². The lowest BCUT2D eigenvalue weighted by molar-refractivity contribution is 1.18. The quantitative estimate of drug-likeness (QED) is 0.210. The van der Waals surface area contributed by atoms with Gasteiger partial charge in [-0.2, -0.15) is 0 Å². The predicted octanol–water partition coefficient (Wildman–Crippen LogP) is 10.9. The molecule has 45 heavy (non-hydrogen) atoms. The van der Waals surface area contributed by atoms with Crippen molar-refractivity contribution < 1.29 is 0 Å². The van der Waals surface area contributed by atoms with Crippen molar-refractivity contribution in [2.75, 3.05) is 0 Å². The first-order chi connectivity index (χ1) is 22.3. The molecule has 0 spiro atoms. The fraction of sp³-hybridized carbons (Fsp3) is 0. The lowest BCUT2D eigenvalue weighted by atomic mass is 9.95. The molecule has 0 saturated carbocycles. The van der Waals surface area contributed by atoms with Crippen LogP contribution in [0.5, 0.6) is 0 Å². The summed E-state index contributed by atoms with van der Waals surface area (Å²) in [5, 5.41) is 7.45. The smallest absolute Gasteiger partial charge is 0.0717 e. The second-order valence-corrected chi connectivity index (χ2v) is 11.5. The van der Waals surface area contributed by atoms with E-state index in [0.717, 1.165) is 28.1 Å². The molecule has 0 bridgehead atoms. The molecule has 9 aromatic rings. The highest BCUT2D eigenvalue weighted by atomic mass is 15.0. The molecule has 0 aliphatic carbocycles. The van der Waals surface area contributed by atoms with Gasteiger partial charge in [0.05, 0.1) is 16.7 Å². The maximum Gasteiger partial charge on any atom is 0.0717 e. The Morgan fingerprint density at radius 3 is 2.02 bits per heavy atom. The summed E-state index contributed by atoms with van der Waals surface area (Å²) in [4.78, 5) is 9.13. The second-order valence-electron chi connectivity index (χ2n) is 11.5. The molecular weight excluding hydrogens is 546 g/mol. The number of rotatable bonds is 4. The van der Waals surface area contributed by atoms with Crippen LogP contribution in [0.4, 0.5) is 0 Å². The maximum atomic E-state index is 4.86. The van der Waals surface area contributed by atoms with Crippen molar-refractivity contribution in [1.29, 1.82) is 0 Å². The fourth-order valence-electron chi connectivity index (χ4n) is 6.76. The first-order valence-electron chi connectivity index (χ1n) is 15.2. The molecule has 0 aliphatic rings. The van der Waals surface area contributed by atoms with Gasteiger partial charge in [-0.1, -0.05) is 97.1 Å². The minimum Gasteiger partial charge on any atom is -0.309 e. The molecule has 3 heteroatoms. The van der Waals surface area contributed by atoms with Crippen molar-refractivity contribution in [2.24, 2.45) is 0 Å². The minimum absolute atomic E-state index is 0.914. The van der Waals surface area contributed by atoms with Crippen LogP contribution in [-0.4, -0.2) is 14.5 Å². The Bertz CT molecular complexity index is 2510. The third-order valence-electron chi connectivity index (χ3n) is 8.90. The first-order valence-corrected chi connectivity index (χ1v) is 15.2. The van der Waals surface area contributed by atoms with Crippen LogP contribution in [0.15, 0.2) is 164 Å². The zero-order valence-corrected chi connectivity index (χ0v) is 24.4. The van der Waals surface area contributed by atoms with Crippen LogP contribution in [0.2, 0.25) is 0 Å². The molecule has 3 aromatic heterocycles. The molecule has 0 aliphatic heterocycles. The summed E-state index contributed by atoms with van der Waals surface area (Å²) in [5.41, 5.74) is 10.1. The van der Waals surface area contributed by atoms with Gasteiger partial charge in [-0.05, 0) is 86.8 Å². The number of para-hydroxylation sites is 1. The summed E-state index contributed by atoms with van der Waals surface area (Å²) in [7, 11) is 0. The van der Waals surface area contributed by atoms with Gasteiger partial charge >= 0.3 is 0 Å². The van der Waals surface area contributed by atoms with E-state index in [1.54, 1.807) is 6.20 Å². The molecule has 9 rings (SSSR count). The van der Waals surface area contributed by atoms with Gasteiger partial charge in [-0.3, -0.25) is 9.97 Å². The molecule has 0 N–H and O–H groups in total. The predicted molar refractivity (Wildman–Crippen MR) is 188 cm³/mol. The Kier molecular flexibility index (Phi) is 5.82. The molecule has 0 fully saturated rings. The number of fused-ring (bicyclic) bond motifs is 6. The Hall–Kier alpha value is -6.06. The molecule has 0 amide bonds. The normalized spacial score (nSPS) is 11.6. The third-order valence-corrected chi connectivity index (χ3v) is 8.90. The van der Waals surface area contributed by atoms with E-state index in [2.05, 4.69) is 143 Å². The molecule has 0 atom stereocenters. The van der Waals surface area contributed by atoms with Gasteiger partial charge in [0.2, 0.25) is 0 Å². The van der Waals surface area contributed by atoms with Gasteiger partial charge in [0.1, 0.15) is 0 Å². The average Bonchev–Trinajstić information content (AvgIpc) is 3.45. The largest absolute Gasteiger partial charge is 0.309 e. The summed E-state index contributed by atoms with van der Waals surface area (Å²) >= 11 is 0. The molecular formula is C42H27N3. The van der Waals surface area contributed by atoms with E-state index >= 15 is 0 Å². The zero-order valence-electron chi connectivity index (χ0n) is 24.4. The number of hydrogen-bond donors (Lipinski definition) is 0. The molecule has 3 nitrogen and oxygen atoms in total. The Balaban J connectivity index is 1.32. The van der Waals surface area contributed by atoms with Crippen LogP contribution in [-0.2, 0) is 0 Å². The van der Waals surface area contributed by atoms with E-state index in [1.807, 2.05) is 24.5 Å². The Morgan fingerprint density at radius 1 is 0.444 bits per heavy atom. The van der Waals surface area contributed by atoms with Gasteiger partial charge in [-0.15, -0.1) is 0 Å². The van der Waals surface area contributed by atoms with Crippen LogP contribution in [0.3, 0.4) is 0 Å². The number of pyridine rings is 2. The molecule has 0 unspecified atom stereocenters. The van der Waals surface area contributed by atoms with E-state index in [9.17, 15) is 0 Å². The van der Waals surface area contributed by atoms with Crippen LogP contribution >= 0.6 is 0 Å². The number of aromatic nitrogens is 3. The van der Waals surface area contributed by atoms with E-state index in [4.69, 9.17) is 4.98 Å². The Morgan fingerprint density at radius 2 is 1.20 bits per heavy atom. The second kappa shape index (κ2) is 10.3. The monoisotopic (exact) mass is 573 g/mol. The van der Waals surface area contributed by atoms with Crippen molar-refractivity contribution in [2.45, 2.75) is 0 Å². The van der Waals surface area contributed by atoms with Gasteiger partial charge < -0.3 is 4.57 Å². The van der Waals surface area contributed by atoms with E-state index < -0.39 is 0 Å². The summed E-state index contributed by atoms with van der Waals surface area (Å²) in [6.45, 7) is 0. The van der Waals surface area contributed by atoms with Crippen molar-refractivity contribution in [3.8, 4) is 39.2 Å². The summed E-state index contributed by atoms with van der Waals surface area (Å²) < 4.78 is 2.42. The van der Waals surface area contributed by atoms with Crippen molar-refractivity contribution in [3.05, 3.63) is 164 Å². The number of nitrogens with zero attached hydrogens (tertiary/aromatic N) is 3. The molecule has 6 aromatic carbocycles. The van der Waals surface area contributed by atoms with Crippen LogP contribution in [0.25, 0.3) is 82.5 Å². The van der Waals surface area contributed by atoms with E-state index in [1.165, 1.54) is 54.5 Å². The highest BCUT2D eigenvalue weighted by Crippen LogP contribution is 2.42. The van der Waals surface area contributed by atoms with Gasteiger partial charge in [-0.25, -0.2) is 0 Å². The molecule has 3 heterocycles. The molecule has 0 saturated heterocycles. The summed E-state index contributed by atoms with van der Waals surface area (Å²) in [5.74, 6) is 0. The molecule has 210 valence electrons. The zero-order chi connectivity index (χ0) is 29.7. The number of benzene rings is 6. The lowest BCUT2D eigenvalue weighted by Crippen LogP contribution is -1.94. The third kappa shape index (κ3) is 4.21. The molecule has 0 radical (unpaired) electrons. The highest BCUT2D eigenvalue weighted by molar-refractivity contribution is 6.24. The van der Waals surface area contributed by atoms with Crippen LogP contribution in [0, 0.1) is 0 Å². The Labute approximate surface area is 260 Å². The maximum absolute atomic E-state index is 4.86. The first kappa shape index (κ1) is 25.4. The van der Waals surface area contributed by atoms with E-state index in [0.29, 0.717) is 0 Å². The van der Waals surface area contributed by atoms with Crippen LogP contribution < -0.4 is 0 Å². The SMILES string of the molecule is c1ccc(-n2c3cc(-c4ccc5ccccc5c4)ccc3c3c4ccccc4c(-c4ccc(-c5cccnc5)nc4)cc32)cc1. The fourth-order valence-corrected chi connectivity index (χ4v) is 6.76. The van der Waals surface area contributed by atoms with E-state index in [-0.39, 0.29) is 0 Å². The van der Waals surface area contributed by atoms with Gasteiger partial charge in [0.15, 0.2) is 0 Å². The summed E-state index contributed by atoms with van der Waals surface area (Å²) in [6, 6.07) is 52.3. The van der Waals surface area contributed by atoms with Crippen molar-refractivity contribution in [1.82, 2.24) is 14.5 Å².